The van der Waals surface area contributed by atoms with E-state index in [1.54, 1.807) is 6.21 Å². The maximum Gasteiger partial charge on any atom is 0.0642 e. The van der Waals surface area contributed by atoms with Crippen LogP contribution in [-0.4, -0.2) is 37.4 Å². The summed E-state index contributed by atoms with van der Waals surface area (Å²) in [5.74, 6) is 5.37. The number of hydrogen-bond donors (Lipinski definition) is 1. The molecule has 0 aromatic heterocycles. The summed E-state index contributed by atoms with van der Waals surface area (Å²) in [4.78, 5) is 2.38. The molecule has 3 rings (SSSR count). The Morgan fingerprint density at radius 2 is 1.86 bits per heavy atom. The minimum Gasteiger partial charge on any atom is -0.378 e. The van der Waals surface area contributed by atoms with Gasteiger partial charge in [0.25, 0.3) is 0 Å². The van der Waals surface area contributed by atoms with Crippen LogP contribution in [0.15, 0.2) is 46.2 Å². The fourth-order valence-electron chi connectivity index (χ4n) is 3.02. The van der Waals surface area contributed by atoms with E-state index in [0.29, 0.717) is 0 Å². The number of benzene rings is 1. The molecule has 1 fully saturated rings. The molecule has 1 saturated heterocycles. The van der Waals surface area contributed by atoms with E-state index < -0.39 is 0 Å². The quantitative estimate of drug-likeness (QED) is 0.529. The summed E-state index contributed by atoms with van der Waals surface area (Å²) >= 11 is 5.96. The Morgan fingerprint density at radius 1 is 1.14 bits per heavy atom. The highest BCUT2D eigenvalue weighted by Crippen LogP contribution is 2.35. The van der Waals surface area contributed by atoms with Gasteiger partial charge in [-0.1, -0.05) is 23.7 Å². The zero-order valence-corrected chi connectivity index (χ0v) is 13.2. The van der Waals surface area contributed by atoms with Crippen LogP contribution < -0.4 is 5.84 Å². The minimum atomic E-state index is 0.758. The normalized spacial score (nSPS) is 21.3. The zero-order chi connectivity index (χ0) is 15.4. The average molecular weight is 318 g/mol. The molecule has 0 unspecified atom stereocenters. The van der Waals surface area contributed by atoms with Gasteiger partial charge in [0.2, 0.25) is 0 Å². The van der Waals surface area contributed by atoms with E-state index in [1.165, 1.54) is 16.8 Å². The van der Waals surface area contributed by atoms with Gasteiger partial charge >= 0.3 is 0 Å². The number of morpholine rings is 1. The minimum absolute atomic E-state index is 0.758. The Kier molecular flexibility index (Phi) is 4.80. The Balaban J connectivity index is 1.93. The SMILES string of the molecule is N/N=C\C1=C(N2CCOCC2)C(=Cc2ccc(Cl)cc2)CC1. The van der Waals surface area contributed by atoms with Crippen molar-refractivity contribution in [2.24, 2.45) is 10.9 Å². The van der Waals surface area contributed by atoms with Gasteiger partial charge in [-0.2, -0.15) is 5.10 Å². The lowest BCUT2D eigenvalue weighted by molar-refractivity contribution is 0.0548. The summed E-state index contributed by atoms with van der Waals surface area (Å²) in [5, 5.41) is 4.49. The van der Waals surface area contributed by atoms with Crippen LogP contribution in [-0.2, 0) is 4.74 Å². The molecule has 2 N–H and O–H groups in total. The van der Waals surface area contributed by atoms with E-state index in [1.807, 2.05) is 24.3 Å². The summed E-state index contributed by atoms with van der Waals surface area (Å²) in [6.07, 6.45) is 6.01. The molecule has 1 aromatic rings. The standard InChI is InChI=1S/C17H20ClN3O/c18-16-5-1-13(2-6-16)11-14-3-4-15(12-20-19)17(14)21-7-9-22-10-8-21/h1-2,5-6,11-12H,3-4,7-10,19H2/b14-11?,20-12-. The summed E-state index contributed by atoms with van der Waals surface area (Å²) < 4.78 is 5.46. The maximum atomic E-state index is 5.96. The fourth-order valence-corrected chi connectivity index (χ4v) is 3.15. The molecular formula is C17H20ClN3O. The molecule has 0 spiro atoms. The van der Waals surface area contributed by atoms with Crippen molar-refractivity contribution in [1.29, 1.82) is 0 Å². The van der Waals surface area contributed by atoms with E-state index in [9.17, 15) is 0 Å². The van der Waals surface area contributed by atoms with Crippen molar-refractivity contribution in [2.45, 2.75) is 12.8 Å². The van der Waals surface area contributed by atoms with Crippen molar-refractivity contribution < 1.29 is 4.74 Å². The van der Waals surface area contributed by atoms with Crippen LogP contribution in [0.5, 0.6) is 0 Å². The maximum absolute atomic E-state index is 5.96. The number of allylic oxidation sites excluding steroid dienone is 2. The number of nitrogens with two attached hydrogens (primary N) is 1. The third-order valence-corrected chi connectivity index (χ3v) is 4.29. The van der Waals surface area contributed by atoms with Crippen LogP contribution in [0.4, 0.5) is 0 Å². The number of hydrazone groups is 1. The zero-order valence-electron chi connectivity index (χ0n) is 12.5. The van der Waals surface area contributed by atoms with Gasteiger partial charge in [0, 0.05) is 23.8 Å². The number of ether oxygens (including phenoxy) is 1. The average Bonchev–Trinajstić information content (AvgIpc) is 2.93. The molecule has 0 bridgehead atoms. The van der Waals surface area contributed by atoms with E-state index >= 15 is 0 Å². The molecule has 5 heteroatoms. The van der Waals surface area contributed by atoms with Gasteiger partial charge in [-0.15, -0.1) is 0 Å². The highest BCUT2D eigenvalue weighted by molar-refractivity contribution is 6.30. The fraction of sp³-hybridized carbons (Fsp3) is 0.353. The lowest BCUT2D eigenvalue weighted by Gasteiger charge is -2.31. The first-order chi connectivity index (χ1) is 10.8. The third kappa shape index (κ3) is 3.34. The Hall–Kier alpha value is -1.78. The molecule has 0 saturated carbocycles. The van der Waals surface area contributed by atoms with Gasteiger partial charge in [0.05, 0.1) is 19.4 Å². The van der Waals surface area contributed by atoms with Crippen LogP contribution >= 0.6 is 11.6 Å². The highest BCUT2D eigenvalue weighted by Gasteiger charge is 2.25. The van der Waals surface area contributed by atoms with Crippen LogP contribution in [0.1, 0.15) is 18.4 Å². The Morgan fingerprint density at radius 3 is 2.55 bits per heavy atom. The lowest BCUT2D eigenvalue weighted by Crippen LogP contribution is -2.36. The molecule has 22 heavy (non-hydrogen) atoms. The van der Waals surface area contributed by atoms with Crippen LogP contribution in [0, 0.1) is 0 Å². The van der Waals surface area contributed by atoms with E-state index in [2.05, 4.69) is 16.1 Å². The van der Waals surface area contributed by atoms with Crippen molar-refractivity contribution in [3.63, 3.8) is 0 Å². The summed E-state index contributed by atoms with van der Waals surface area (Å²) in [7, 11) is 0. The predicted octanol–water partition coefficient (Wildman–Crippen LogP) is 3.05. The molecular weight excluding hydrogens is 298 g/mol. The molecule has 0 atom stereocenters. The summed E-state index contributed by atoms with van der Waals surface area (Å²) in [6.45, 7) is 3.36. The van der Waals surface area contributed by atoms with Crippen LogP contribution in [0.25, 0.3) is 6.08 Å². The van der Waals surface area contributed by atoms with Gasteiger partial charge in [-0.25, -0.2) is 0 Å². The van der Waals surface area contributed by atoms with Crippen LogP contribution in [0.2, 0.25) is 5.02 Å². The molecule has 1 aliphatic carbocycles. The van der Waals surface area contributed by atoms with Crippen molar-refractivity contribution in [1.82, 2.24) is 4.90 Å². The topological polar surface area (TPSA) is 50.8 Å². The highest BCUT2D eigenvalue weighted by atomic mass is 35.5. The number of halogens is 1. The molecule has 116 valence electrons. The van der Waals surface area contributed by atoms with Gasteiger partial charge in [0.15, 0.2) is 0 Å². The molecule has 1 aromatic carbocycles. The van der Waals surface area contributed by atoms with Crippen molar-refractivity contribution in [3.8, 4) is 0 Å². The first kappa shape index (κ1) is 15.1. The lowest BCUT2D eigenvalue weighted by atomic mass is 10.1. The number of hydrogen-bond acceptors (Lipinski definition) is 4. The molecule has 2 aliphatic rings. The molecule has 0 radical (unpaired) electrons. The van der Waals surface area contributed by atoms with E-state index in [-0.39, 0.29) is 0 Å². The largest absolute Gasteiger partial charge is 0.378 e. The van der Waals surface area contributed by atoms with E-state index in [0.717, 1.165) is 49.7 Å². The summed E-state index contributed by atoms with van der Waals surface area (Å²) in [5.41, 5.74) is 4.98. The van der Waals surface area contributed by atoms with Crippen molar-refractivity contribution in [2.75, 3.05) is 26.3 Å². The van der Waals surface area contributed by atoms with Crippen molar-refractivity contribution in [3.05, 3.63) is 51.7 Å². The monoisotopic (exact) mass is 317 g/mol. The molecule has 1 aliphatic heterocycles. The first-order valence-electron chi connectivity index (χ1n) is 7.53. The molecule has 1 heterocycles. The van der Waals surface area contributed by atoms with Crippen molar-refractivity contribution >= 4 is 23.9 Å². The third-order valence-electron chi connectivity index (χ3n) is 4.04. The second-order valence-corrected chi connectivity index (χ2v) is 5.91. The molecule has 4 nitrogen and oxygen atoms in total. The number of rotatable bonds is 3. The molecule has 0 amide bonds. The second kappa shape index (κ2) is 6.99. The van der Waals surface area contributed by atoms with Crippen LogP contribution in [0.3, 0.4) is 0 Å². The second-order valence-electron chi connectivity index (χ2n) is 5.47. The van der Waals surface area contributed by atoms with E-state index in [4.69, 9.17) is 22.2 Å². The predicted molar refractivity (Wildman–Crippen MR) is 90.8 cm³/mol. The van der Waals surface area contributed by atoms with Gasteiger partial charge in [-0.05, 0) is 47.8 Å². The van der Waals surface area contributed by atoms with Gasteiger partial charge < -0.3 is 15.5 Å². The smallest absolute Gasteiger partial charge is 0.0642 e. The number of nitrogens with zero attached hydrogens (tertiary/aromatic N) is 2. The summed E-state index contributed by atoms with van der Waals surface area (Å²) in [6, 6.07) is 7.93. The van der Waals surface area contributed by atoms with Gasteiger partial charge in [0.1, 0.15) is 0 Å². The van der Waals surface area contributed by atoms with Gasteiger partial charge in [-0.3, -0.25) is 0 Å². The first-order valence-corrected chi connectivity index (χ1v) is 7.91. The Bertz CT molecular complexity index is 613. The Labute approximate surface area is 135 Å².